The number of fused-ring (bicyclic) bond motifs is 5. The first-order valence-corrected chi connectivity index (χ1v) is 17.9. The van der Waals surface area contributed by atoms with Gasteiger partial charge in [-0.2, -0.15) is 0 Å². The molecule has 1 heterocycles. The average Bonchev–Trinajstić information content (AvgIpc) is 3.55. The Morgan fingerprint density at radius 3 is 1.21 bits per heavy atom. The maximum absolute atomic E-state index is 2.41. The van der Waals surface area contributed by atoms with E-state index in [9.17, 15) is 0 Å². The lowest BCUT2D eigenvalue weighted by Gasteiger charge is -2.28. The second-order valence-electron chi connectivity index (χ2n) is 13.3. The molecule has 0 aliphatic carbocycles. The van der Waals surface area contributed by atoms with E-state index in [1.54, 1.807) is 0 Å². The Balaban J connectivity index is 1.17. The molecular weight excluding hydrogens is 629 g/mol. The number of hydrogen-bond acceptors (Lipinski definition) is 1. The molecule has 0 unspecified atom stereocenters. The molecule has 2 nitrogen and oxygen atoms in total. The van der Waals surface area contributed by atoms with E-state index in [0.29, 0.717) is 0 Å². The quantitative estimate of drug-likeness (QED) is 0.161. The predicted octanol–water partition coefficient (Wildman–Crippen LogP) is 13.9. The summed E-state index contributed by atoms with van der Waals surface area (Å²) in [6, 6.07) is 74.5. The van der Waals surface area contributed by atoms with Crippen molar-refractivity contribution < 1.29 is 0 Å². The fourth-order valence-electron chi connectivity index (χ4n) is 8.16. The van der Waals surface area contributed by atoms with Gasteiger partial charge in [0.2, 0.25) is 0 Å². The van der Waals surface area contributed by atoms with Crippen LogP contribution >= 0.6 is 0 Å². The zero-order chi connectivity index (χ0) is 34.4. The third-order valence-electron chi connectivity index (χ3n) is 10.4. The molecule has 0 atom stereocenters. The van der Waals surface area contributed by atoms with E-state index in [4.69, 9.17) is 0 Å². The molecule has 9 aromatic carbocycles. The summed E-state index contributed by atoms with van der Waals surface area (Å²) in [4.78, 5) is 2.39. The molecule has 0 N–H and O–H groups in total. The molecule has 10 aromatic rings. The molecule has 52 heavy (non-hydrogen) atoms. The highest BCUT2D eigenvalue weighted by Crippen LogP contribution is 2.45. The van der Waals surface area contributed by atoms with Crippen molar-refractivity contribution >= 4 is 60.4 Å². The zero-order valence-electron chi connectivity index (χ0n) is 28.5. The molecule has 10 rings (SSSR count). The topological polar surface area (TPSA) is 8.17 Å². The van der Waals surface area contributed by atoms with Crippen LogP contribution in [0.5, 0.6) is 0 Å². The molecule has 244 valence electrons. The summed E-state index contributed by atoms with van der Waals surface area (Å²) in [5, 5.41) is 7.53. The Bertz CT molecular complexity index is 2780. The standard InChI is InChI=1S/C50H34N2/c1-3-17-35(18-4-1)49-41-23-7-9-25-43(41)50(44-26-10-8-24-42(44)49)36-31-33-38(34-32-36)51(37-19-5-2-6-20-37)47-29-15-16-30-48(47)52-45-27-13-11-21-39(45)40-22-12-14-28-46(40)52/h1-34H. The molecule has 0 saturated carbocycles. The van der Waals surface area contributed by atoms with Crippen molar-refractivity contribution in [3.8, 4) is 27.9 Å². The number of para-hydroxylation sites is 5. The molecule has 0 radical (unpaired) electrons. The highest BCUT2D eigenvalue weighted by atomic mass is 15.2. The van der Waals surface area contributed by atoms with Crippen LogP contribution in [0.25, 0.3) is 71.3 Å². The van der Waals surface area contributed by atoms with E-state index in [0.717, 1.165) is 22.7 Å². The van der Waals surface area contributed by atoms with Crippen LogP contribution < -0.4 is 4.90 Å². The van der Waals surface area contributed by atoms with E-state index in [2.05, 4.69) is 216 Å². The molecule has 0 saturated heterocycles. The summed E-state index contributed by atoms with van der Waals surface area (Å²) in [6.07, 6.45) is 0. The normalized spacial score (nSPS) is 11.5. The van der Waals surface area contributed by atoms with E-state index in [1.807, 2.05) is 0 Å². The van der Waals surface area contributed by atoms with E-state index < -0.39 is 0 Å². The summed E-state index contributed by atoms with van der Waals surface area (Å²) in [6.45, 7) is 0. The van der Waals surface area contributed by atoms with Gasteiger partial charge in [-0.3, -0.25) is 0 Å². The third kappa shape index (κ3) is 4.80. The van der Waals surface area contributed by atoms with Crippen LogP contribution in [0.4, 0.5) is 17.1 Å². The summed E-state index contributed by atoms with van der Waals surface area (Å²) < 4.78 is 2.41. The van der Waals surface area contributed by atoms with Crippen molar-refractivity contribution in [2.24, 2.45) is 0 Å². The highest BCUT2D eigenvalue weighted by Gasteiger charge is 2.21. The highest BCUT2D eigenvalue weighted by molar-refractivity contribution is 6.21. The van der Waals surface area contributed by atoms with Crippen molar-refractivity contribution in [2.75, 3.05) is 4.90 Å². The van der Waals surface area contributed by atoms with Crippen LogP contribution in [-0.4, -0.2) is 4.57 Å². The fraction of sp³-hybridized carbons (Fsp3) is 0. The van der Waals surface area contributed by atoms with Gasteiger partial charge in [0.25, 0.3) is 0 Å². The van der Waals surface area contributed by atoms with E-state index >= 15 is 0 Å². The minimum atomic E-state index is 1.10. The molecule has 0 bridgehead atoms. The van der Waals surface area contributed by atoms with Crippen LogP contribution in [0.3, 0.4) is 0 Å². The van der Waals surface area contributed by atoms with Crippen LogP contribution in [0.1, 0.15) is 0 Å². The molecule has 0 aliphatic rings. The number of rotatable bonds is 6. The monoisotopic (exact) mass is 662 g/mol. The van der Waals surface area contributed by atoms with Crippen LogP contribution in [0, 0.1) is 0 Å². The lowest BCUT2D eigenvalue weighted by atomic mass is 9.86. The largest absolute Gasteiger partial charge is 0.308 e. The summed E-state index contributed by atoms with van der Waals surface area (Å²) in [5.41, 5.74) is 11.8. The summed E-state index contributed by atoms with van der Waals surface area (Å²) >= 11 is 0. The Morgan fingerprint density at radius 2 is 0.673 bits per heavy atom. The molecule has 0 amide bonds. The van der Waals surface area contributed by atoms with Gasteiger partial charge in [0, 0.05) is 22.1 Å². The van der Waals surface area contributed by atoms with E-state index in [-0.39, 0.29) is 0 Å². The summed E-state index contributed by atoms with van der Waals surface area (Å²) in [5.74, 6) is 0. The van der Waals surface area contributed by atoms with Crippen LogP contribution in [0.2, 0.25) is 0 Å². The first kappa shape index (κ1) is 30.0. The number of benzene rings is 9. The van der Waals surface area contributed by atoms with Crippen molar-refractivity contribution in [1.29, 1.82) is 0 Å². The van der Waals surface area contributed by atoms with Gasteiger partial charge in [0.15, 0.2) is 0 Å². The van der Waals surface area contributed by atoms with Gasteiger partial charge in [-0.1, -0.05) is 158 Å². The number of aromatic nitrogens is 1. The number of nitrogens with zero attached hydrogens (tertiary/aromatic N) is 2. The van der Waals surface area contributed by atoms with Crippen molar-refractivity contribution in [1.82, 2.24) is 4.57 Å². The molecule has 0 fully saturated rings. The molecule has 0 aliphatic heterocycles. The van der Waals surface area contributed by atoms with Crippen LogP contribution in [-0.2, 0) is 0 Å². The Morgan fingerprint density at radius 1 is 0.288 bits per heavy atom. The van der Waals surface area contributed by atoms with Gasteiger partial charge in [0.1, 0.15) is 0 Å². The summed E-state index contributed by atoms with van der Waals surface area (Å²) in [7, 11) is 0. The van der Waals surface area contributed by atoms with E-state index in [1.165, 1.54) is 65.6 Å². The molecular formula is C50H34N2. The number of anilines is 3. The second kappa shape index (κ2) is 12.5. The minimum absolute atomic E-state index is 1.10. The van der Waals surface area contributed by atoms with Crippen LogP contribution in [0.15, 0.2) is 206 Å². The zero-order valence-corrected chi connectivity index (χ0v) is 28.5. The van der Waals surface area contributed by atoms with Crippen molar-refractivity contribution in [3.05, 3.63) is 206 Å². The van der Waals surface area contributed by atoms with Gasteiger partial charge in [-0.05, 0) is 92.3 Å². The van der Waals surface area contributed by atoms with Crippen molar-refractivity contribution in [3.63, 3.8) is 0 Å². The lowest BCUT2D eigenvalue weighted by Crippen LogP contribution is -2.13. The molecule has 1 aromatic heterocycles. The van der Waals surface area contributed by atoms with Gasteiger partial charge >= 0.3 is 0 Å². The van der Waals surface area contributed by atoms with Gasteiger partial charge in [0.05, 0.1) is 22.4 Å². The van der Waals surface area contributed by atoms with Crippen molar-refractivity contribution in [2.45, 2.75) is 0 Å². The predicted molar refractivity (Wildman–Crippen MR) is 221 cm³/mol. The van der Waals surface area contributed by atoms with Gasteiger partial charge in [-0.25, -0.2) is 0 Å². The maximum atomic E-state index is 2.41. The fourth-order valence-corrected chi connectivity index (χ4v) is 8.16. The third-order valence-corrected chi connectivity index (χ3v) is 10.4. The second-order valence-corrected chi connectivity index (χ2v) is 13.3. The lowest BCUT2D eigenvalue weighted by molar-refractivity contribution is 1.15. The minimum Gasteiger partial charge on any atom is -0.308 e. The first-order chi connectivity index (χ1) is 25.8. The SMILES string of the molecule is c1ccc(-c2c3ccccc3c(-c3ccc(N(c4ccccc4)c4ccccc4-n4c5ccccc5c5ccccc54)cc3)c3ccccc23)cc1. The number of hydrogen-bond donors (Lipinski definition) is 0. The molecule has 0 spiro atoms. The Labute approximate surface area is 303 Å². The first-order valence-electron chi connectivity index (χ1n) is 17.9. The average molecular weight is 663 g/mol. The molecule has 2 heteroatoms. The maximum Gasteiger partial charge on any atom is 0.0702 e. The van der Waals surface area contributed by atoms with Gasteiger partial charge in [-0.15, -0.1) is 0 Å². The Kier molecular flexibility index (Phi) is 7.18. The van der Waals surface area contributed by atoms with Gasteiger partial charge < -0.3 is 9.47 Å². The Hall–Kier alpha value is -6.90. The smallest absolute Gasteiger partial charge is 0.0702 e.